The van der Waals surface area contributed by atoms with Crippen LogP contribution in [0.3, 0.4) is 0 Å². The molecule has 0 spiro atoms. The van der Waals surface area contributed by atoms with Crippen LogP contribution in [0, 0.1) is 0 Å². The van der Waals surface area contributed by atoms with Gasteiger partial charge in [0.05, 0.1) is 0 Å². The van der Waals surface area contributed by atoms with Gasteiger partial charge in [-0.05, 0) is 0 Å². The second-order valence-corrected chi connectivity index (χ2v) is 0.577. The minimum absolute atomic E-state index is 0. The maximum atomic E-state index is 4.90. The van der Waals surface area contributed by atoms with E-state index in [4.69, 9.17) is 11.5 Å². The van der Waals surface area contributed by atoms with Crippen molar-refractivity contribution in [1.82, 2.24) is 0 Å². The third-order valence-electron chi connectivity index (χ3n) is 0.167. The molecule has 0 aliphatic rings. The van der Waals surface area contributed by atoms with Gasteiger partial charge in [-0.2, -0.15) is 0 Å². The van der Waals surface area contributed by atoms with Crippen LogP contribution in [0.25, 0.3) is 0 Å². The smallest absolute Gasteiger partial charge is 1.00 e. The van der Waals surface area contributed by atoms with Crippen molar-refractivity contribution < 1.29 is 34.7 Å². The zero-order chi connectivity index (χ0) is 3.41. The molecule has 0 saturated heterocycles. The largest absolute Gasteiger partial charge is 2.00 e. The summed E-state index contributed by atoms with van der Waals surface area (Å²) in [7, 11) is 0. The van der Waals surface area contributed by atoms with Crippen LogP contribution in [-0.4, -0.2) is 18.6 Å². The quantitative estimate of drug-likeness (QED) is 0.419. The van der Waals surface area contributed by atoms with Crippen molar-refractivity contribution in [2.45, 2.75) is 0 Å². The van der Waals surface area contributed by atoms with Gasteiger partial charge in [0.1, 0.15) is 0 Å². The Kier molecular flexibility index (Phi) is 109. The van der Waals surface area contributed by atoms with Gasteiger partial charge in [0.2, 0.25) is 0 Å². The third kappa shape index (κ3) is 51.9. The fourth-order valence-electron chi connectivity index (χ4n) is 0. The van der Waals surface area contributed by atoms with Crippen molar-refractivity contribution in [3.05, 3.63) is 0 Å². The molecule has 0 aromatic rings. The molecule has 49 valence electrons. The molecule has 0 atom stereocenters. The fraction of sp³-hybridized carbons (Fsp3) is 1.00. The van der Waals surface area contributed by atoms with Crippen LogP contribution in [0.15, 0.2) is 0 Å². The maximum absolute atomic E-state index is 4.90. The summed E-state index contributed by atoms with van der Waals surface area (Å²) >= 11 is 0. The van der Waals surface area contributed by atoms with E-state index in [-0.39, 0.29) is 34.7 Å². The Morgan fingerprint density at radius 2 is 1.14 bits per heavy atom. The molecule has 0 aromatic carbocycles. The zero-order valence-electron chi connectivity index (χ0n) is 3.73. The second kappa shape index (κ2) is 30.0. The van der Waals surface area contributed by atoms with Crippen molar-refractivity contribution in [3.63, 3.8) is 0 Å². The molecule has 1 radical (unpaired) electrons. The molecule has 0 saturated carbocycles. The van der Waals surface area contributed by atoms with E-state index in [2.05, 4.69) is 0 Å². The monoisotopic (exact) mass is 171 g/mol. The number of nitrogens with two attached hydrogens (primary N) is 2. The van der Waals surface area contributed by atoms with E-state index in [0.717, 1.165) is 0 Å². The summed E-state index contributed by atoms with van der Waals surface area (Å²) in [5.74, 6) is 0. The molecule has 5 N–H and O–H groups in total. The molecule has 0 heterocycles. The van der Waals surface area contributed by atoms with Crippen LogP contribution in [-0.2, 0) is 16.8 Å². The Bertz CT molecular complexity index is 17.7. The van der Waals surface area contributed by atoms with Crippen LogP contribution in [0.1, 0.15) is 0 Å². The normalized spacial score (nSPS) is 4.29. The molecule has 5 heteroatoms. The first-order chi connectivity index (χ1) is 1.91. The topological polar surface area (TPSA) is 82.0 Å². The van der Waals surface area contributed by atoms with Crippen LogP contribution in [0.5, 0.6) is 0 Å². The summed E-state index contributed by atoms with van der Waals surface area (Å²) in [4.78, 5) is 0. The van der Waals surface area contributed by atoms with E-state index in [0.29, 0.717) is 13.1 Å². The summed E-state index contributed by atoms with van der Waals surface area (Å²) in [5, 5.41) is 0. The van der Waals surface area contributed by atoms with E-state index in [1.807, 2.05) is 0 Å². The van der Waals surface area contributed by atoms with Gasteiger partial charge < -0.3 is 29.4 Å². The van der Waals surface area contributed by atoms with E-state index in [1.165, 1.54) is 0 Å². The molecular weight excluding hydrogens is 162 g/mol. The Morgan fingerprint density at radius 3 is 1.14 bits per heavy atom. The maximum Gasteiger partial charge on any atom is 2.00 e. The van der Waals surface area contributed by atoms with Gasteiger partial charge in [0.25, 0.3) is 0 Å². The van der Waals surface area contributed by atoms with Gasteiger partial charge in [-0.3, -0.25) is 0 Å². The van der Waals surface area contributed by atoms with Crippen molar-refractivity contribution in [2.24, 2.45) is 11.5 Å². The molecule has 0 aromatic heterocycles. The van der Waals surface area contributed by atoms with Crippen molar-refractivity contribution in [3.8, 4) is 0 Å². The van der Waals surface area contributed by atoms with Gasteiger partial charge in [0.15, 0.2) is 0 Å². The summed E-state index contributed by atoms with van der Waals surface area (Å²) in [5.41, 5.74) is 9.81. The number of hydrogen-bond acceptors (Lipinski definition) is 3. The van der Waals surface area contributed by atoms with Gasteiger partial charge in [-0.15, -0.1) is 0 Å². The van der Waals surface area contributed by atoms with Crippen LogP contribution >= 0.6 is 0 Å². The van der Waals surface area contributed by atoms with Crippen molar-refractivity contribution in [2.75, 3.05) is 13.1 Å². The molecule has 0 aliphatic heterocycles. The molecule has 0 rings (SSSR count). The molecule has 0 aliphatic carbocycles. The van der Waals surface area contributed by atoms with Gasteiger partial charge in [-0.1, -0.05) is 0 Å². The van der Waals surface area contributed by atoms with Crippen molar-refractivity contribution in [1.29, 1.82) is 0 Å². The van der Waals surface area contributed by atoms with Gasteiger partial charge in [0, 0.05) is 13.1 Å². The Hall–Kier alpha value is 0.676. The molecular formula is C2H9ClCoN2O. The molecule has 3 nitrogen and oxygen atoms in total. The van der Waals surface area contributed by atoms with Gasteiger partial charge in [-0.25, -0.2) is 0 Å². The Labute approximate surface area is 59.7 Å². The van der Waals surface area contributed by atoms with E-state index in [9.17, 15) is 0 Å². The molecule has 0 bridgehead atoms. The van der Waals surface area contributed by atoms with E-state index < -0.39 is 0 Å². The standard InChI is InChI=1S/C2H8N2.ClH.Co.H2O/c3-1-2-4;;;/h1-4H2;1H;;1H2/q;;+2;/p-2. The van der Waals surface area contributed by atoms with Crippen molar-refractivity contribution >= 4 is 0 Å². The van der Waals surface area contributed by atoms with Crippen LogP contribution in [0.4, 0.5) is 0 Å². The average Bonchev–Trinajstić information content (AvgIpc) is 1.37. The summed E-state index contributed by atoms with van der Waals surface area (Å²) in [6.07, 6.45) is 0. The number of hydrogen-bond donors (Lipinski definition) is 2. The Morgan fingerprint density at radius 1 is 1.00 bits per heavy atom. The zero-order valence-corrected chi connectivity index (χ0v) is 5.52. The van der Waals surface area contributed by atoms with E-state index in [1.54, 1.807) is 0 Å². The first-order valence-electron chi connectivity index (χ1n) is 1.32. The molecule has 0 amide bonds. The first kappa shape index (κ1) is 25.3. The Balaban J connectivity index is -0.0000000150. The molecule has 0 unspecified atom stereocenters. The molecule has 7 heavy (non-hydrogen) atoms. The average molecular weight is 171 g/mol. The summed E-state index contributed by atoms with van der Waals surface area (Å²) in [6, 6.07) is 0. The SMILES string of the molecule is NCCN.[Cl-].[Co+2].[OH-]. The third-order valence-corrected chi connectivity index (χ3v) is 0.167. The molecule has 0 fully saturated rings. The predicted molar refractivity (Wildman–Crippen MR) is 20.0 cm³/mol. The first-order valence-corrected chi connectivity index (χ1v) is 1.32. The van der Waals surface area contributed by atoms with Crippen LogP contribution < -0.4 is 23.9 Å². The fourth-order valence-corrected chi connectivity index (χ4v) is 0. The minimum atomic E-state index is 0. The summed E-state index contributed by atoms with van der Waals surface area (Å²) < 4.78 is 0. The number of halogens is 1. The predicted octanol–water partition coefficient (Wildman–Crippen LogP) is -4.27. The van der Waals surface area contributed by atoms with E-state index >= 15 is 0 Å². The minimum Gasteiger partial charge on any atom is -1.00 e. The van der Waals surface area contributed by atoms with Crippen LogP contribution in [0.2, 0.25) is 0 Å². The second-order valence-electron chi connectivity index (χ2n) is 0.577. The number of rotatable bonds is 1. The summed E-state index contributed by atoms with van der Waals surface area (Å²) in [6.45, 7) is 1.19. The van der Waals surface area contributed by atoms with Gasteiger partial charge >= 0.3 is 16.8 Å².